The van der Waals surface area contributed by atoms with Crippen molar-refractivity contribution in [3.63, 3.8) is 0 Å². The number of halogens is 1. The van der Waals surface area contributed by atoms with Crippen LogP contribution >= 0.6 is 11.6 Å². The minimum atomic E-state index is -0.159. The Balaban J connectivity index is 1.47. The number of likely N-dealkylation sites (tertiary alicyclic amines) is 1. The summed E-state index contributed by atoms with van der Waals surface area (Å²) in [5, 5.41) is 11.9. The first kappa shape index (κ1) is 14.0. The van der Waals surface area contributed by atoms with E-state index in [1.807, 2.05) is 4.68 Å². The Labute approximate surface area is 136 Å². The van der Waals surface area contributed by atoms with Crippen molar-refractivity contribution in [2.24, 2.45) is 0 Å². The maximum atomic E-state index is 12.5. The molecule has 0 aliphatic carbocycles. The molecular weight excluding hydrogens is 318 g/mol. The molecule has 0 saturated carbocycles. The van der Waals surface area contributed by atoms with Gasteiger partial charge in [0.15, 0.2) is 5.65 Å². The van der Waals surface area contributed by atoms with Gasteiger partial charge < -0.3 is 4.90 Å². The van der Waals surface area contributed by atoms with Crippen LogP contribution < -0.4 is 5.32 Å². The zero-order valence-corrected chi connectivity index (χ0v) is 12.9. The second-order valence-electron chi connectivity index (χ2n) is 5.39. The van der Waals surface area contributed by atoms with E-state index in [-0.39, 0.29) is 12.1 Å². The largest absolute Gasteiger partial charge is 0.323 e. The Morgan fingerprint density at radius 2 is 2.22 bits per heavy atom. The van der Waals surface area contributed by atoms with Crippen molar-refractivity contribution in [3.8, 4) is 0 Å². The molecule has 0 radical (unpaired) electrons. The van der Waals surface area contributed by atoms with Gasteiger partial charge in [-0.15, -0.1) is 0 Å². The minimum Gasteiger partial charge on any atom is -0.322 e. The maximum Gasteiger partial charge on any atom is 0.323 e. The third-order valence-corrected chi connectivity index (χ3v) is 4.12. The maximum absolute atomic E-state index is 12.5. The summed E-state index contributed by atoms with van der Waals surface area (Å²) in [5.41, 5.74) is 0.688. The number of rotatable bonds is 2. The van der Waals surface area contributed by atoms with Crippen LogP contribution in [0.5, 0.6) is 0 Å². The van der Waals surface area contributed by atoms with Gasteiger partial charge in [-0.1, -0.05) is 11.6 Å². The molecule has 23 heavy (non-hydrogen) atoms. The van der Waals surface area contributed by atoms with Crippen LogP contribution in [0.25, 0.3) is 5.65 Å². The van der Waals surface area contributed by atoms with E-state index in [9.17, 15) is 4.79 Å². The van der Waals surface area contributed by atoms with E-state index >= 15 is 0 Å². The van der Waals surface area contributed by atoms with Crippen LogP contribution in [-0.4, -0.2) is 48.4 Å². The van der Waals surface area contributed by atoms with E-state index in [0.29, 0.717) is 29.6 Å². The quantitative estimate of drug-likeness (QED) is 0.779. The molecule has 1 atom stereocenters. The number of nitrogens with zero attached hydrogens (tertiary/aromatic N) is 6. The van der Waals surface area contributed by atoms with Crippen LogP contribution in [0.3, 0.4) is 0 Å². The zero-order chi connectivity index (χ0) is 15.8. The Morgan fingerprint density at radius 3 is 3.04 bits per heavy atom. The van der Waals surface area contributed by atoms with E-state index < -0.39 is 0 Å². The topological polar surface area (TPSA) is 80.4 Å². The van der Waals surface area contributed by atoms with E-state index in [4.69, 9.17) is 11.6 Å². The van der Waals surface area contributed by atoms with Crippen LogP contribution in [-0.2, 0) is 0 Å². The van der Waals surface area contributed by atoms with Crippen molar-refractivity contribution in [3.05, 3.63) is 41.9 Å². The predicted octanol–water partition coefficient (Wildman–Crippen LogP) is 2.06. The molecule has 0 aromatic carbocycles. The minimum absolute atomic E-state index is 0.149. The highest BCUT2D eigenvalue weighted by molar-refractivity contribution is 6.30. The summed E-state index contributed by atoms with van der Waals surface area (Å²) in [6, 6.07) is 3.49. The highest BCUT2D eigenvalue weighted by atomic mass is 35.5. The first-order valence-corrected chi connectivity index (χ1v) is 7.63. The molecule has 1 fully saturated rings. The number of aromatic nitrogens is 5. The molecule has 3 aromatic rings. The molecule has 1 saturated heterocycles. The van der Waals surface area contributed by atoms with E-state index in [1.165, 1.54) is 0 Å². The van der Waals surface area contributed by atoms with Crippen LogP contribution in [0.15, 0.2) is 36.9 Å². The number of fused-ring (bicyclic) bond motifs is 1. The first-order valence-electron chi connectivity index (χ1n) is 7.25. The van der Waals surface area contributed by atoms with Crippen LogP contribution in [0.1, 0.15) is 12.5 Å². The third-order valence-electron chi connectivity index (χ3n) is 3.92. The summed E-state index contributed by atoms with van der Waals surface area (Å²) in [7, 11) is 0. The SMILES string of the molecule is O=C(Nc1ccnc2ccnn12)N1CCC(n2cc(Cl)cn2)C1. The lowest BCUT2D eigenvalue weighted by Crippen LogP contribution is -2.34. The number of hydrogen-bond acceptors (Lipinski definition) is 4. The Kier molecular flexibility index (Phi) is 3.38. The smallest absolute Gasteiger partial charge is 0.322 e. The molecule has 1 aliphatic heterocycles. The molecule has 8 nitrogen and oxygen atoms in total. The van der Waals surface area contributed by atoms with Crippen molar-refractivity contribution in [1.29, 1.82) is 0 Å². The van der Waals surface area contributed by atoms with Gasteiger partial charge in [-0.25, -0.2) is 9.78 Å². The fourth-order valence-electron chi connectivity index (χ4n) is 2.77. The molecule has 2 amide bonds. The van der Waals surface area contributed by atoms with Gasteiger partial charge in [0.1, 0.15) is 5.82 Å². The van der Waals surface area contributed by atoms with Gasteiger partial charge in [0.05, 0.1) is 23.5 Å². The molecule has 1 aliphatic rings. The molecule has 0 spiro atoms. The molecule has 0 bridgehead atoms. The normalized spacial score (nSPS) is 17.8. The lowest BCUT2D eigenvalue weighted by atomic mass is 10.3. The van der Waals surface area contributed by atoms with Gasteiger partial charge in [-0.2, -0.15) is 14.7 Å². The van der Waals surface area contributed by atoms with Crippen LogP contribution in [0.4, 0.5) is 10.6 Å². The molecule has 9 heteroatoms. The van der Waals surface area contributed by atoms with Crippen molar-refractivity contribution >= 4 is 29.1 Å². The fourth-order valence-corrected chi connectivity index (χ4v) is 2.92. The van der Waals surface area contributed by atoms with Gasteiger partial charge in [0.25, 0.3) is 0 Å². The molecule has 4 rings (SSSR count). The van der Waals surface area contributed by atoms with Gasteiger partial charge in [0, 0.05) is 31.5 Å². The predicted molar refractivity (Wildman–Crippen MR) is 84.5 cm³/mol. The highest BCUT2D eigenvalue weighted by Gasteiger charge is 2.28. The standard InChI is InChI=1S/C14H14ClN7O/c15-10-7-18-21(8-10)11-3-6-20(9-11)14(23)19-13-1-4-16-12-2-5-17-22(12)13/h1-2,4-5,7-8,11H,3,6,9H2,(H,19,23). The van der Waals surface area contributed by atoms with Crippen molar-refractivity contribution in [2.75, 3.05) is 18.4 Å². The zero-order valence-electron chi connectivity index (χ0n) is 12.1. The number of amides is 2. The van der Waals surface area contributed by atoms with Gasteiger partial charge in [-0.3, -0.25) is 10.00 Å². The molecule has 4 heterocycles. The summed E-state index contributed by atoms with van der Waals surface area (Å²) in [5.74, 6) is 0.593. The average molecular weight is 332 g/mol. The number of urea groups is 1. The molecule has 1 N–H and O–H groups in total. The first-order chi connectivity index (χ1) is 11.2. The molecule has 118 valence electrons. The second-order valence-corrected chi connectivity index (χ2v) is 5.82. The average Bonchev–Trinajstić information content (AvgIpc) is 3.27. The van der Waals surface area contributed by atoms with E-state index in [1.54, 1.807) is 46.3 Å². The number of carbonyl (C=O) groups excluding carboxylic acids is 1. The van der Waals surface area contributed by atoms with Gasteiger partial charge in [-0.05, 0) is 12.5 Å². The fraction of sp³-hybridized carbons (Fsp3) is 0.286. The Morgan fingerprint density at radius 1 is 1.30 bits per heavy atom. The Hall–Kier alpha value is -2.61. The monoisotopic (exact) mass is 331 g/mol. The molecule has 3 aromatic heterocycles. The Bertz CT molecular complexity index is 858. The lowest BCUT2D eigenvalue weighted by molar-refractivity contribution is 0.220. The second kappa shape index (κ2) is 5.54. The number of anilines is 1. The third kappa shape index (κ3) is 2.61. The number of hydrogen-bond donors (Lipinski definition) is 1. The summed E-state index contributed by atoms with van der Waals surface area (Å²) >= 11 is 5.90. The van der Waals surface area contributed by atoms with Gasteiger partial charge >= 0.3 is 6.03 Å². The van der Waals surface area contributed by atoms with Crippen LogP contribution in [0.2, 0.25) is 5.02 Å². The van der Waals surface area contributed by atoms with Crippen molar-refractivity contribution < 1.29 is 4.79 Å². The van der Waals surface area contributed by atoms with Crippen molar-refractivity contribution in [1.82, 2.24) is 29.3 Å². The summed E-state index contributed by atoms with van der Waals surface area (Å²) in [4.78, 5) is 18.4. The summed E-state index contributed by atoms with van der Waals surface area (Å²) in [6.07, 6.45) is 7.52. The van der Waals surface area contributed by atoms with Crippen LogP contribution in [0, 0.1) is 0 Å². The molecular formula is C14H14ClN7O. The highest BCUT2D eigenvalue weighted by Crippen LogP contribution is 2.23. The number of carbonyl (C=O) groups is 1. The molecule has 1 unspecified atom stereocenters. The van der Waals surface area contributed by atoms with Gasteiger partial charge in [0.2, 0.25) is 0 Å². The van der Waals surface area contributed by atoms with E-state index in [0.717, 1.165) is 6.42 Å². The summed E-state index contributed by atoms with van der Waals surface area (Å²) in [6.45, 7) is 1.26. The van der Waals surface area contributed by atoms with E-state index in [2.05, 4.69) is 20.5 Å². The van der Waals surface area contributed by atoms with Crippen molar-refractivity contribution in [2.45, 2.75) is 12.5 Å². The lowest BCUT2D eigenvalue weighted by Gasteiger charge is -2.17. The summed E-state index contributed by atoms with van der Waals surface area (Å²) < 4.78 is 3.41. The number of nitrogens with one attached hydrogen (secondary N) is 1.